The molecular formula is C10H10BrN3. The predicted molar refractivity (Wildman–Crippen MR) is 60.4 cm³/mol. The Balaban J connectivity index is 2.57. The highest BCUT2D eigenvalue weighted by molar-refractivity contribution is 9.10. The largest absolute Gasteiger partial charge is 0.397 e. The second-order valence-electron chi connectivity index (χ2n) is 3.11. The van der Waals surface area contributed by atoms with Gasteiger partial charge in [-0.25, -0.2) is 4.68 Å². The van der Waals surface area contributed by atoms with Gasteiger partial charge in [0.05, 0.1) is 22.0 Å². The van der Waals surface area contributed by atoms with E-state index in [1.165, 1.54) is 0 Å². The van der Waals surface area contributed by atoms with Gasteiger partial charge in [-0.2, -0.15) is 5.10 Å². The van der Waals surface area contributed by atoms with Gasteiger partial charge in [-0.05, 0) is 34.5 Å². The molecule has 0 atom stereocenters. The minimum Gasteiger partial charge on any atom is -0.397 e. The highest BCUT2D eigenvalue weighted by atomic mass is 79.9. The Bertz CT molecular complexity index is 462. The first-order valence-electron chi connectivity index (χ1n) is 4.24. The van der Waals surface area contributed by atoms with Crippen molar-refractivity contribution in [3.05, 3.63) is 40.6 Å². The topological polar surface area (TPSA) is 43.8 Å². The second kappa shape index (κ2) is 3.46. The fraction of sp³-hybridized carbons (Fsp3) is 0.100. The van der Waals surface area contributed by atoms with Crippen LogP contribution in [0.4, 0.5) is 5.69 Å². The number of nitrogens with two attached hydrogens (primary N) is 1. The summed E-state index contributed by atoms with van der Waals surface area (Å²) < 4.78 is 2.70. The van der Waals surface area contributed by atoms with Gasteiger partial charge in [0.25, 0.3) is 0 Å². The molecule has 0 saturated carbocycles. The number of hydrogen-bond donors (Lipinski definition) is 1. The highest BCUT2D eigenvalue weighted by Crippen LogP contribution is 2.21. The molecule has 4 heteroatoms. The quantitative estimate of drug-likeness (QED) is 0.792. The maximum Gasteiger partial charge on any atom is 0.0877 e. The monoisotopic (exact) mass is 251 g/mol. The standard InChI is InChI=1S/C10H10BrN3/c1-7-3-2-4-9(10(7)12)14-6-8(11)5-13-14/h2-6H,12H2,1H3. The summed E-state index contributed by atoms with van der Waals surface area (Å²) >= 11 is 3.35. The lowest BCUT2D eigenvalue weighted by Gasteiger charge is -2.07. The van der Waals surface area contributed by atoms with Crippen LogP contribution in [-0.4, -0.2) is 9.78 Å². The normalized spacial score (nSPS) is 10.4. The van der Waals surface area contributed by atoms with Crippen LogP contribution in [0, 0.1) is 6.92 Å². The summed E-state index contributed by atoms with van der Waals surface area (Å²) in [5.41, 5.74) is 8.69. The lowest BCUT2D eigenvalue weighted by atomic mass is 10.2. The Labute approximate surface area is 90.7 Å². The van der Waals surface area contributed by atoms with Gasteiger partial charge in [0.2, 0.25) is 0 Å². The van der Waals surface area contributed by atoms with Crippen molar-refractivity contribution < 1.29 is 0 Å². The minimum atomic E-state index is 0.767. The van der Waals surface area contributed by atoms with Crippen molar-refractivity contribution in [2.45, 2.75) is 6.92 Å². The van der Waals surface area contributed by atoms with Crippen molar-refractivity contribution in [2.75, 3.05) is 5.73 Å². The maximum atomic E-state index is 5.95. The highest BCUT2D eigenvalue weighted by Gasteiger charge is 2.04. The number of benzene rings is 1. The third-order valence-corrected chi connectivity index (χ3v) is 2.51. The molecule has 0 spiro atoms. The van der Waals surface area contributed by atoms with Crippen LogP contribution in [0.25, 0.3) is 5.69 Å². The van der Waals surface area contributed by atoms with E-state index >= 15 is 0 Å². The van der Waals surface area contributed by atoms with Gasteiger partial charge >= 0.3 is 0 Å². The Morgan fingerprint density at radius 1 is 1.43 bits per heavy atom. The van der Waals surface area contributed by atoms with Crippen molar-refractivity contribution in [1.29, 1.82) is 0 Å². The number of halogens is 1. The number of nitrogen functional groups attached to an aromatic ring is 1. The van der Waals surface area contributed by atoms with E-state index in [-0.39, 0.29) is 0 Å². The minimum absolute atomic E-state index is 0.767. The van der Waals surface area contributed by atoms with Crippen LogP contribution in [0.2, 0.25) is 0 Å². The summed E-state index contributed by atoms with van der Waals surface area (Å²) in [6, 6.07) is 5.90. The SMILES string of the molecule is Cc1cccc(-n2cc(Br)cn2)c1N. The average Bonchev–Trinajstić information content (AvgIpc) is 2.57. The molecule has 1 heterocycles. The number of rotatable bonds is 1. The summed E-state index contributed by atoms with van der Waals surface area (Å²) in [5.74, 6) is 0. The molecule has 72 valence electrons. The summed E-state index contributed by atoms with van der Waals surface area (Å²) in [4.78, 5) is 0. The molecule has 0 fully saturated rings. The zero-order valence-corrected chi connectivity index (χ0v) is 9.32. The van der Waals surface area contributed by atoms with Crippen LogP contribution in [0.1, 0.15) is 5.56 Å². The molecule has 0 radical (unpaired) electrons. The summed E-state index contributed by atoms with van der Waals surface area (Å²) in [5, 5.41) is 4.18. The molecule has 2 N–H and O–H groups in total. The molecule has 0 saturated heterocycles. The van der Waals surface area contributed by atoms with Crippen LogP contribution < -0.4 is 5.73 Å². The van der Waals surface area contributed by atoms with E-state index in [0.717, 1.165) is 21.4 Å². The van der Waals surface area contributed by atoms with Crippen molar-refractivity contribution in [1.82, 2.24) is 9.78 Å². The first kappa shape index (κ1) is 9.27. The van der Waals surface area contributed by atoms with Gasteiger partial charge < -0.3 is 5.73 Å². The van der Waals surface area contributed by atoms with E-state index in [0.29, 0.717) is 0 Å². The lowest BCUT2D eigenvalue weighted by molar-refractivity contribution is 0.881. The van der Waals surface area contributed by atoms with Crippen LogP contribution in [-0.2, 0) is 0 Å². The van der Waals surface area contributed by atoms with Crippen LogP contribution in [0.3, 0.4) is 0 Å². The van der Waals surface area contributed by atoms with Gasteiger partial charge in [-0.3, -0.25) is 0 Å². The zero-order valence-electron chi connectivity index (χ0n) is 7.74. The average molecular weight is 252 g/mol. The van der Waals surface area contributed by atoms with Crippen molar-refractivity contribution >= 4 is 21.6 Å². The van der Waals surface area contributed by atoms with Gasteiger partial charge in [0.1, 0.15) is 0 Å². The Hall–Kier alpha value is -1.29. The second-order valence-corrected chi connectivity index (χ2v) is 4.03. The Morgan fingerprint density at radius 3 is 2.86 bits per heavy atom. The van der Waals surface area contributed by atoms with Gasteiger partial charge in [0, 0.05) is 6.20 Å². The first-order chi connectivity index (χ1) is 6.68. The number of aromatic nitrogens is 2. The molecule has 1 aromatic heterocycles. The van der Waals surface area contributed by atoms with Crippen molar-refractivity contribution in [3.8, 4) is 5.69 Å². The first-order valence-corrected chi connectivity index (χ1v) is 5.03. The van der Waals surface area contributed by atoms with E-state index in [4.69, 9.17) is 5.73 Å². The van der Waals surface area contributed by atoms with Crippen molar-refractivity contribution in [3.63, 3.8) is 0 Å². The summed E-state index contributed by atoms with van der Waals surface area (Å²) in [6.45, 7) is 1.98. The molecule has 0 unspecified atom stereocenters. The van der Waals surface area contributed by atoms with Crippen LogP contribution in [0.5, 0.6) is 0 Å². The van der Waals surface area contributed by atoms with E-state index in [2.05, 4.69) is 21.0 Å². The molecule has 0 aliphatic heterocycles. The van der Waals surface area contributed by atoms with Gasteiger partial charge in [-0.15, -0.1) is 0 Å². The van der Waals surface area contributed by atoms with Crippen LogP contribution >= 0.6 is 15.9 Å². The van der Waals surface area contributed by atoms with E-state index in [9.17, 15) is 0 Å². The number of anilines is 1. The molecule has 0 amide bonds. The molecule has 0 aliphatic rings. The van der Waals surface area contributed by atoms with Gasteiger partial charge in [-0.1, -0.05) is 12.1 Å². The van der Waals surface area contributed by atoms with Crippen LogP contribution in [0.15, 0.2) is 35.1 Å². The fourth-order valence-electron chi connectivity index (χ4n) is 1.30. The molecular weight excluding hydrogens is 242 g/mol. The van der Waals surface area contributed by atoms with E-state index in [1.807, 2.05) is 31.3 Å². The molecule has 2 rings (SSSR count). The third-order valence-electron chi connectivity index (χ3n) is 2.10. The molecule has 3 nitrogen and oxygen atoms in total. The Kier molecular flexibility index (Phi) is 2.29. The zero-order chi connectivity index (χ0) is 10.1. The fourth-order valence-corrected chi connectivity index (χ4v) is 1.58. The van der Waals surface area contributed by atoms with Gasteiger partial charge in [0.15, 0.2) is 0 Å². The smallest absolute Gasteiger partial charge is 0.0877 e. The molecule has 14 heavy (non-hydrogen) atoms. The van der Waals surface area contributed by atoms with E-state index < -0.39 is 0 Å². The Morgan fingerprint density at radius 2 is 2.21 bits per heavy atom. The molecule has 0 aliphatic carbocycles. The summed E-state index contributed by atoms with van der Waals surface area (Å²) in [7, 11) is 0. The van der Waals surface area contributed by atoms with Crippen molar-refractivity contribution in [2.24, 2.45) is 0 Å². The number of nitrogens with zero attached hydrogens (tertiary/aromatic N) is 2. The number of aryl methyl sites for hydroxylation is 1. The van der Waals surface area contributed by atoms with E-state index in [1.54, 1.807) is 10.9 Å². The number of para-hydroxylation sites is 1. The third kappa shape index (κ3) is 1.53. The summed E-state index contributed by atoms with van der Waals surface area (Å²) in [6.07, 6.45) is 3.62. The predicted octanol–water partition coefficient (Wildman–Crippen LogP) is 2.53. The molecule has 1 aromatic carbocycles. The molecule has 0 bridgehead atoms. The molecule has 2 aromatic rings. The lowest BCUT2D eigenvalue weighted by Crippen LogP contribution is -2.01. The maximum absolute atomic E-state index is 5.95. The number of hydrogen-bond acceptors (Lipinski definition) is 2.